The molecular weight excluding hydrogens is 389 g/mol. The first-order valence-corrected chi connectivity index (χ1v) is 9.74. The summed E-state index contributed by atoms with van der Waals surface area (Å²) in [5.41, 5.74) is 4.87. The average Bonchev–Trinajstić information content (AvgIpc) is 2.88. The molecule has 0 saturated heterocycles. The third kappa shape index (κ3) is 4.64. The number of nitrogens with zero attached hydrogens (tertiary/aromatic N) is 2. The van der Waals surface area contributed by atoms with Crippen LogP contribution in [-0.2, 0) is 6.42 Å². The summed E-state index contributed by atoms with van der Waals surface area (Å²) in [6.45, 7) is 2.12. The van der Waals surface area contributed by atoms with Crippen LogP contribution >= 0.6 is 0 Å². The molecule has 1 atom stereocenters. The van der Waals surface area contributed by atoms with Gasteiger partial charge in [-0.15, -0.1) is 13.2 Å². The Balaban J connectivity index is 1.63. The highest BCUT2D eigenvalue weighted by atomic mass is 19.4. The molecule has 0 N–H and O–H groups in total. The van der Waals surface area contributed by atoms with E-state index in [4.69, 9.17) is 0 Å². The fourth-order valence-electron chi connectivity index (χ4n) is 3.61. The largest absolute Gasteiger partial charge is 0.573 e. The molecule has 1 unspecified atom stereocenters. The fourth-order valence-corrected chi connectivity index (χ4v) is 3.61. The topological polar surface area (TPSA) is 24.8 Å². The third-order valence-electron chi connectivity index (χ3n) is 4.98. The maximum atomic E-state index is 12.5. The first kappa shape index (κ1) is 20.0. The van der Waals surface area contributed by atoms with Crippen LogP contribution in [0.15, 0.2) is 89.8 Å². The molecule has 0 spiro atoms. The van der Waals surface area contributed by atoms with Gasteiger partial charge in [0.1, 0.15) is 5.75 Å². The summed E-state index contributed by atoms with van der Waals surface area (Å²) in [7, 11) is 0. The molecule has 0 amide bonds. The van der Waals surface area contributed by atoms with E-state index in [0.29, 0.717) is 6.42 Å². The molecule has 6 heteroatoms. The predicted molar refractivity (Wildman–Crippen MR) is 112 cm³/mol. The number of aliphatic imine (C=N–C) groups is 1. The number of alkyl halides is 3. The van der Waals surface area contributed by atoms with Gasteiger partial charge in [0.05, 0.1) is 11.4 Å². The van der Waals surface area contributed by atoms with Crippen LogP contribution in [0.4, 0.5) is 13.2 Å². The van der Waals surface area contributed by atoms with Gasteiger partial charge < -0.3 is 9.64 Å². The van der Waals surface area contributed by atoms with Gasteiger partial charge in [0.15, 0.2) is 0 Å². The summed E-state index contributed by atoms with van der Waals surface area (Å²) in [4.78, 5) is 6.68. The van der Waals surface area contributed by atoms with Crippen LogP contribution in [0.2, 0.25) is 0 Å². The summed E-state index contributed by atoms with van der Waals surface area (Å²) >= 11 is 0. The highest BCUT2D eigenvalue weighted by Crippen LogP contribution is 2.34. The van der Waals surface area contributed by atoms with Crippen LogP contribution in [0.5, 0.6) is 5.75 Å². The number of fused-ring (bicyclic) bond motifs is 1. The molecule has 2 heterocycles. The summed E-state index contributed by atoms with van der Waals surface area (Å²) in [5.74, 6) is 0.0420. The van der Waals surface area contributed by atoms with Gasteiger partial charge in [-0.1, -0.05) is 49.4 Å². The SMILES string of the molecule is CC1C=C(c2ccc(OC(F)(F)F)cc2)N2C=CN=C(Cc3ccccc3)C2=CC1. The summed E-state index contributed by atoms with van der Waals surface area (Å²) < 4.78 is 41.4. The third-order valence-corrected chi connectivity index (χ3v) is 4.98. The van der Waals surface area contributed by atoms with Crippen molar-refractivity contribution in [3.05, 3.63) is 96.0 Å². The molecule has 0 aromatic heterocycles. The normalized spacial score (nSPS) is 18.7. The standard InChI is InChI=1S/C24H21F3N2O/c1-17-7-12-22-21(16-18-5-3-2-4-6-18)28-13-14-29(22)23(15-17)19-8-10-20(11-9-19)30-24(25,26)27/h2-6,8-15,17H,7,16H2,1H3. The Hall–Kier alpha value is -3.28. The van der Waals surface area contributed by atoms with Gasteiger partial charge in [0.25, 0.3) is 0 Å². The van der Waals surface area contributed by atoms with Crippen LogP contribution in [0.3, 0.4) is 0 Å². The number of allylic oxidation sites excluding steroid dienone is 3. The van der Waals surface area contributed by atoms with Crippen molar-refractivity contribution in [2.45, 2.75) is 26.1 Å². The van der Waals surface area contributed by atoms with E-state index in [9.17, 15) is 13.2 Å². The van der Waals surface area contributed by atoms with Crippen LogP contribution in [0.1, 0.15) is 24.5 Å². The molecule has 2 aliphatic rings. The Labute approximate surface area is 173 Å². The zero-order valence-electron chi connectivity index (χ0n) is 16.4. The number of benzene rings is 2. The smallest absolute Gasteiger partial charge is 0.406 e. The molecule has 0 saturated carbocycles. The van der Waals surface area contributed by atoms with Gasteiger partial charge in [-0.25, -0.2) is 0 Å². The Morgan fingerprint density at radius 2 is 1.77 bits per heavy atom. The maximum Gasteiger partial charge on any atom is 0.573 e. The Morgan fingerprint density at radius 1 is 1.03 bits per heavy atom. The molecule has 0 bridgehead atoms. The van der Waals surface area contributed by atoms with Gasteiger partial charge in [0.2, 0.25) is 0 Å². The van der Waals surface area contributed by atoms with Crippen molar-refractivity contribution in [1.82, 2.24) is 4.90 Å². The van der Waals surface area contributed by atoms with Crippen molar-refractivity contribution in [2.75, 3.05) is 0 Å². The fraction of sp³-hybridized carbons (Fsp3) is 0.208. The molecule has 0 fully saturated rings. The van der Waals surface area contributed by atoms with Crippen LogP contribution < -0.4 is 4.74 Å². The zero-order valence-corrected chi connectivity index (χ0v) is 16.4. The lowest BCUT2D eigenvalue weighted by atomic mass is 10.0. The van der Waals surface area contributed by atoms with Gasteiger partial charge in [-0.05, 0) is 47.7 Å². The molecule has 0 radical (unpaired) electrons. The van der Waals surface area contributed by atoms with Crippen LogP contribution in [0.25, 0.3) is 5.70 Å². The molecule has 4 rings (SSSR count). The minimum absolute atomic E-state index is 0.232. The van der Waals surface area contributed by atoms with Crippen molar-refractivity contribution in [3.63, 3.8) is 0 Å². The predicted octanol–water partition coefficient (Wildman–Crippen LogP) is 6.32. The second-order valence-corrected chi connectivity index (χ2v) is 7.33. The lowest BCUT2D eigenvalue weighted by molar-refractivity contribution is -0.274. The molecular formula is C24H21F3N2O. The zero-order chi connectivity index (χ0) is 21.1. The summed E-state index contributed by atoms with van der Waals surface area (Å²) in [6, 6.07) is 16.1. The van der Waals surface area contributed by atoms with Gasteiger partial charge in [-0.2, -0.15) is 0 Å². The minimum atomic E-state index is -4.70. The number of hydrogen-bond acceptors (Lipinski definition) is 3. The maximum absolute atomic E-state index is 12.5. The Kier molecular flexibility index (Phi) is 5.48. The van der Waals surface area contributed by atoms with E-state index in [2.05, 4.69) is 45.8 Å². The summed E-state index contributed by atoms with van der Waals surface area (Å²) in [6.07, 6.45) is 4.83. The first-order valence-electron chi connectivity index (χ1n) is 9.74. The first-order chi connectivity index (χ1) is 14.4. The molecule has 30 heavy (non-hydrogen) atoms. The van der Waals surface area contributed by atoms with Crippen molar-refractivity contribution >= 4 is 11.4 Å². The van der Waals surface area contributed by atoms with E-state index >= 15 is 0 Å². The highest BCUT2D eigenvalue weighted by molar-refractivity contribution is 6.03. The van der Waals surface area contributed by atoms with Crippen molar-refractivity contribution in [1.29, 1.82) is 0 Å². The number of halogens is 3. The van der Waals surface area contributed by atoms with Crippen molar-refractivity contribution in [3.8, 4) is 5.75 Å². The lowest BCUT2D eigenvalue weighted by Gasteiger charge is -2.29. The number of ether oxygens (including phenoxy) is 1. The van der Waals surface area contributed by atoms with E-state index in [-0.39, 0.29) is 11.7 Å². The molecule has 2 aromatic carbocycles. The van der Waals surface area contributed by atoms with Gasteiger partial charge in [0, 0.05) is 24.5 Å². The lowest BCUT2D eigenvalue weighted by Crippen LogP contribution is -2.25. The molecule has 2 aliphatic heterocycles. The second-order valence-electron chi connectivity index (χ2n) is 7.33. The van der Waals surface area contributed by atoms with Crippen molar-refractivity contribution in [2.24, 2.45) is 10.9 Å². The molecule has 0 aliphatic carbocycles. The minimum Gasteiger partial charge on any atom is -0.406 e. The summed E-state index contributed by atoms with van der Waals surface area (Å²) in [5, 5.41) is 0. The number of rotatable bonds is 4. The van der Waals surface area contributed by atoms with Crippen LogP contribution in [0, 0.1) is 5.92 Å². The monoisotopic (exact) mass is 410 g/mol. The van der Waals surface area contributed by atoms with Crippen molar-refractivity contribution < 1.29 is 17.9 Å². The quantitative estimate of drug-likeness (QED) is 0.589. The Bertz CT molecular complexity index is 1020. The van der Waals surface area contributed by atoms with E-state index in [1.807, 2.05) is 24.4 Å². The van der Waals surface area contributed by atoms with E-state index in [1.165, 1.54) is 17.7 Å². The highest BCUT2D eigenvalue weighted by Gasteiger charge is 2.31. The molecule has 3 nitrogen and oxygen atoms in total. The van der Waals surface area contributed by atoms with Crippen LogP contribution in [-0.4, -0.2) is 17.0 Å². The average molecular weight is 410 g/mol. The Morgan fingerprint density at radius 3 is 2.47 bits per heavy atom. The van der Waals surface area contributed by atoms with E-state index in [1.54, 1.807) is 18.3 Å². The van der Waals surface area contributed by atoms with E-state index in [0.717, 1.165) is 29.1 Å². The molecule has 154 valence electrons. The molecule has 2 aromatic rings. The second kappa shape index (κ2) is 8.22. The van der Waals surface area contributed by atoms with E-state index < -0.39 is 6.36 Å². The number of hydrogen-bond donors (Lipinski definition) is 0. The van der Waals surface area contributed by atoms with Gasteiger partial charge >= 0.3 is 6.36 Å². The van der Waals surface area contributed by atoms with Gasteiger partial charge in [-0.3, -0.25) is 4.99 Å².